The first-order chi connectivity index (χ1) is 7.52. The van der Waals surface area contributed by atoms with Crippen LogP contribution in [0.3, 0.4) is 0 Å². The molecule has 16 heavy (non-hydrogen) atoms. The lowest BCUT2D eigenvalue weighted by atomic mass is 9.58. The van der Waals surface area contributed by atoms with Gasteiger partial charge in [0, 0.05) is 6.61 Å². The lowest BCUT2D eigenvalue weighted by Crippen LogP contribution is -2.41. The molecule has 0 spiro atoms. The summed E-state index contributed by atoms with van der Waals surface area (Å²) >= 11 is 0. The van der Waals surface area contributed by atoms with E-state index >= 15 is 0 Å². The number of hydrogen-bond donors (Lipinski definition) is 0. The molecule has 2 aliphatic carbocycles. The van der Waals surface area contributed by atoms with Gasteiger partial charge in [-0.2, -0.15) is 0 Å². The highest BCUT2D eigenvalue weighted by Gasteiger charge is 2.42. The highest BCUT2D eigenvalue weighted by molar-refractivity contribution is 4.92. The van der Waals surface area contributed by atoms with Crippen molar-refractivity contribution in [1.82, 2.24) is 0 Å². The molecule has 0 radical (unpaired) electrons. The molecule has 4 atom stereocenters. The van der Waals surface area contributed by atoms with Gasteiger partial charge in [0.1, 0.15) is 0 Å². The summed E-state index contributed by atoms with van der Waals surface area (Å²) in [4.78, 5) is 0. The molecule has 0 aliphatic heterocycles. The van der Waals surface area contributed by atoms with E-state index in [2.05, 4.69) is 27.7 Å². The number of hydrogen-bond acceptors (Lipinski definition) is 1. The number of rotatable bonds is 2. The SMILES string of the molecule is CCOC1CCC2CC(C)(C)CC(C)C2C1. The van der Waals surface area contributed by atoms with Crippen LogP contribution in [0.5, 0.6) is 0 Å². The first-order valence-corrected chi connectivity index (χ1v) is 7.13. The molecule has 0 aromatic heterocycles. The van der Waals surface area contributed by atoms with Crippen molar-refractivity contribution in [2.24, 2.45) is 23.2 Å². The van der Waals surface area contributed by atoms with E-state index < -0.39 is 0 Å². The van der Waals surface area contributed by atoms with Crippen LogP contribution in [0, 0.1) is 23.2 Å². The first-order valence-electron chi connectivity index (χ1n) is 7.13. The van der Waals surface area contributed by atoms with Crippen molar-refractivity contribution in [3.05, 3.63) is 0 Å². The molecular weight excluding hydrogens is 196 g/mol. The topological polar surface area (TPSA) is 9.23 Å². The third kappa shape index (κ3) is 2.61. The summed E-state index contributed by atoms with van der Waals surface area (Å²) < 4.78 is 5.83. The average Bonchev–Trinajstić information content (AvgIpc) is 2.18. The van der Waals surface area contributed by atoms with Crippen LogP contribution in [0.1, 0.15) is 59.8 Å². The van der Waals surface area contributed by atoms with Gasteiger partial charge in [0.25, 0.3) is 0 Å². The van der Waals surface area contributed by atoms with Crippen LogP contribution >= 0.6 is 0 Å². The minimum absolute atomic E-state index is 0.565. The van der Waals surface area contributed by atoms with Crippen LogP contribution in [0.15, 0.2) is 0 Å². The van der Waals surface area contributed by atoms with Crippen molar-refractivity contribution in [3.63, 3.8) is 0 Å². The van der Waals surface area contributed by atoms with E-state index in [9.17, 15) is 0 Å². The second kappa shape index (κ2) is 4.68. The highest BCUT2D eigenvalue weighted by Crippen LogP contribution is 2.50. The maximum absolute atomic E-state index is 5.83. The molecule has 0 heterocycles. The van der Waals surface area contributed by atoms with Crippen molar-refractivity contribution < 1.29 is 4.74 Å². The molecule has 1 nitrogen and oxygen atoms in total. The molecule has 2 saturated carbocycles. The van der Waals surface area contributed by atoms with Crippen LogP contribution < -0.4 is 0 Å². The van der Waals surface area contributed by atoms with Crippen molar-refractivity contribution in [3.8, 4) is 0 Å². The van der Waals surface area contributed by atoms with E-state index in [4.69, 9.17) is 4.74 Å². The second-order valence-electron chi connectivity index (χ2n) is 6.86. The summed E-state index contributed by atoms with van der Waals surface area (Å²) in [6, 6.07) is 0. The first kappa shape index (κ1) is 12.4. The van der Waals surface area contributed by atoms with Gasteiger partial charge >= 0.3 is 0 Å². The predicted octanol–water partition coefficient (Wildman–Crippen LogP) is 4.26. The maximum Gasteiger partial charge on any atom is 0.0578 e. The normalized spacial score (nSPS) is 42.8. The van der Waals surface area contributed by atoms with Crippen LogP contribution in [0.25, 0.3) is 0 Å². The molecule has 94 valence electrons. The molecule has 0 bridgehead atoms. The van der Waals surface area contributed by atoms with Crippen molar-refractivity contribution >= 4 is 0 Å². The Balaban J connectivity index is 1.98. The highest BCUT2D eigenvalue weighted by atomic mass is 16.5. The van der Waals surface area contributed by atoms with Crippen molar-refractivity contribution in [1.29, 1.82) is 0 Å². The smallest absolute Gasteiger partial charge is 0.0578 e. The van der Waals surface area contributed by atoms with Gasteiger partial charge in [0.05, 0.1) is 6.10 Å². The fourth-order valence-corrected chi connectivity index (χ4v) is 4.38. The molecule has 2 fully saturated rings. The zero-order valence-corrected chi connectivity index (χ0v) is 11.5. The Morgan fingerprint density at radius 1 is 1.19 bits per heavy atom. The molecule has 0 N–H and O–H groups in total. The van der Waals surface area contributed by atoms with Gasteiger partial charge in [-0.05, 0) is 62.2 Å². The van der Waals surface area contributed by atoms with Crippen LogP contribution in [0.4, 0.5) is 0 Å². The molecule has 0 amide bonds. The second-order valence-corrected chi connectivity index (χ2v) is 6.86. The van der Waals surface area contributed by atoms with Gasteiger partial charge in [-0.1, -0.05) is 20.8 Å². The molecule has 0 aromatic rings. The van der Waals surface area contributed by atoms with E-state index in [1.54, 1.807) is 0 Å². The van der Waals surface area contributed by atoms with E-state index in [0.29, 0.717) is 11.5 Å². The summed E-state index contributed by atoms with van der Waals surface area (Å²) in [5.41, 5.74) is 0.582. The molecule has 1 heteroatoms. The average molecular weight is 224 g/mol. The molecule has 0 saturated heterocycles. The van der Waals surface area contributed by atoms with Gasteiger partial charge in [-0.3, -0.25) is 0 Å². The summed E-state index contributed by atoms with van der Waals surface area (Å²) in [7, 11) is 0. The monoisotopic (exact) mass is 224 g/mol. The Kier molecular flexibility index (Phi) is 3.63. The standard InChI is InChI=1S/C15H28O/c1-5-16-13-7-6-12-10-15(3,4)9-11(2)14(12)8-13/h11-14H,5-10H2,1-4H3. The minimum atomic E-state index is 0.565. The van der Waals surface area contributed by atoms with Crippen LogP contribution in [-0.4, -0.2) is 12.7 Å². The molecule has 2 aliphatic rings. The summed E-state index contributed by atoms with van der Waals surface area (Å²) in [5.74, 6) is 2.82. The molecule has 0 aromatic carbocycles. The summed E-state index contributed by atoms with van der Waals surface area (Å²) in [5, 5.41) is 0. The third-order valence-electron chi connectivity index (χ3n) is 4.82. The minimum Gasteiger partial charge on any atom is -0.378 e. The third-order valence-corrected chi connectivity index (χ3v) is 4.82. The van der Waals surface area contributed by atoms with E-state index in [0.717, 1.165) is 24.4 Å². The van der Waals surface area contributed by atoms with E-state index in [1.165, 1.54) is 32.1 Å². The lowest BCUT2D eigenvalue weighted by molar-refractivity contribution is -0.0445. The fraction of sp³-hybridized carbons (Fsp3) is 1.00. The summed E-state index contributed by atoms with van der Waals surface area (Å²) in [6.45, 7) is 10.4. The zero-order chi connectivity index (χ0) is 11.8. The largest absolute Gasteiger partial charge is 0.378 e. The number of ether oxygens (including phenoxy) is 1. The van der Waals surface area contributed by atoms with Gasteiger partial charge in [0.2, 0.25) is 0 Å². The van der Waals surface area contributed by atoms with Gasteiger partial charge < -0.3 is 4.74 Å². The van der Waals surface area contributed by atoms with Gasteiger partial charge in [0.15, 0.2) is 0 Å². The predicted molar refractivity (Wildman–Crippen MR) is 68.4 cm³/mol. The van der Waals surface area contributed by atoms with Crippen molar-refractivity contribution in [2.75, 3.05) is 6.61 Å². The molecular formula is C15H28O. The molecule has 4 unspecified atom stereocenters. The Bertz CT molecular complexity index is 234. The fourth-order valence-electron chi connectivity index (χ4n) is 4.38. The Morgan fingerprint density at radius 3 is 2.62 bits per heavy atom. The lowest BCUT2D eigenvalue weighted by Gasteiger charge is -2.48. The Labute approximate surface area is 101 Å². The van der Waals surface area contributed by atoms with Crippen molar-refractivity contribution in [2.45, 2.75) is 65.9 Å². The van der Waals surface area contributed by atoms with Gasteiger partial charge in [-0.25, -0.2) is 0 Å². The van der Waals surface area contributed by atoms with E-state index in [-0.39, 0.29) is 0 Å². The Hall–Kier alpha value is -0.0400. The van der Waals surface area contributed by atoms with Crippen LogP contribution in [-0.2, 0) is 4.74 Å². The quantitative estimate of drug-likeness (QED) is 0.681. The Morgan fingerprint density at radius 2 is 1.94 bits per heavy atom. The van der Waals surface area contributed by atoms with E-state index in [1.807, 2.05) is 0 Å². The maximum atomic E-state index is 5.83. The van der Waals surface area contributed by atoms with Gasteiger partial charge in [-0.15, -0.1) is 0 Å². The summed E-state index contributed by atoms with van der Waals surface area (Å²) in [6.07, 6.45) is 7.46. The zero-order valence-electron chi connectivity index (χ0n) is 11.5. The molecule has 2 rings (SSSR count). The number of fused-ring (bicyclic) bond motifs is 1. The van der Waals surface area contributed by atoms with Crippen LogP contribution in [0.2, 0.25) is 0 Å².